The van der Waals surface area contributed by atoms with Crippen LogP contribution in [0.4, 0.5) is 10.1 Å². The first-order valence-electron chi connectivity index (χ1n) is 5.69. The van der Waals surface area contributed by atoms with Gasteiger partial charge in [-0.25, -0.2) is 9.37 Å². The average molecular weight is 307 g/mol. The van der Waals surface area contributed by atoms with Gasteiger partial charge in [-0.05, 0) is 24.3 Å². The number of pyridine rings is 1. The Balaban J connectivity index is 2.42. The Hall–Kier alpha value is -2.66. The lowest BCUT2D eigenvalue weighted by atomic mass is 10.2. The van der Waals surface area contributed by atoms with Gasteiger partial charge >= 0.3 is 0 Å². The topological polar surface area (TPSA) is 92.1 Å². The van der Waals surface area contributed by atoms with Gasteiger partial charge in [-0.3, -0.25) is 4.72 Å². The van der Waals surface area contributed by atoms with Crippen molar-refractivity contribution in [2.45, 2.75) is 5.03 Å². The van der Waals surface area contributed by atoms with E-state index in [0.717, 1.165) is 6.07 Å². The Morgan fingerprint density at radius 3 is 2.76 bits per heavy atom. The number of benzene rings is 1. The fraction of sp³-hybridized carbons (Fsp3) is 0.0769. The molecule has 1 N–H and O–H groups in total. The quantitative estimate of drug-likeness (QED) is 0.931. The molecule has 2 aromatic rings. The molecule has 1 aromatic carbocycles. The second-order valence-electron chi connectivity index (χ2n) is 3.92. The van der Waals surface area contributed by atoms with Crippen LogP contribution in [-0.2, 0) is 10.0 Å². The van der Waals surface area contributed by atoms with E-state index in [1.807, 2.05) is 6.07 Å². The number of hydrogen-bond donors (Lipinski definition) is 1. The third-order valence-corrected chi connectivity index (χ3v) is 3.85. The van der Waals surface area contributed by atoms with E-state index < -0.39 is 20.9 Å². The normalized spacial score (nSPS) is 10.7. The maximum absolute atomic E-state index is 13.5. The molecule has 0 spiro atoms. The predicted octanol–water partition coefficient (Wildman–Crippen LogP) is 1.90. The first-order valence-corrected chi connectivity index (χ1v) is 7.17. The molecule has 0 radical (unpaired) electrons. The highest BCUT2D eigenvalue weighted by atomic mass is 32.2. The van der Waals surface area contributed by atoms with E-state index in [2.05, 4.69) is 9.71 Å². The lowest BCUT2D eigenvalue weighted by Gasteiger charge is -2.11. The van der Waals surface area contributed by atoms with Crippen molar-refractivity contribution in [2.75, 3.05) is 11.8 Å². The van der Waals surface area contributed by atoms with Crippen molar-refractivity contribution in [3.8, 4) is 11.8 Å². The molecule has 6 nitrogen and oxygen atoms in total. The molecule has 0 aliphatic carbocycles. The standard InChI is InChI=1S/C13H10FN3O3S/c1-20-12-7-9(8-15)4-5-11(12)17-21(18,19)13-10(14)3-2-6-16-13/h2-7,17H,1H3. The van der Waals surface area contributed by atoms with Crippen molar-refractivity contribution >= 4 is 15.7 Å². The number of methoxy groups -OCH3 is 1. The summed E-state index contributed by atoms with van der Waals surface area (Å²) in [4.78, 5) is 3.52. The third kappa shape index (κ3) is 3.09. The van der Waals surface area contributed by atoms with E-state index in [1.165, 1.54) is 37.6 Å². The van der Waals surface area contributed by atoms with Crippen molar-refractivity contribution in [3.63, 3.8) is 0 Å². The molecule has 8 heteroatoms. The minimum absolute atomic E-state index is 0.0848. The zero-order chi connectivity index (χ0) is 15.5. The van der Waals surface area contributed by atoms with Crippen molar-refractivity contribution < 1.29 is 17.5 Å². The number of hydrogen-bond acceptors (Lipinski definition) is 5. The number of halogens is 1. The Bertz CT molecular complexity index is 816. The number of ether oxygens (including phenoxy) is 1. The van der Waals surface area contributed by atoms with Gasteiger partial charge in [0.25, 0.3) is 10.0 Å². The number of nitrogens with zero attached hydrogens (tertiary/aromatic N) is 2. The predicted molar refractivity (Wildman–Crippen MR) is 72.7 cm³/mol. The molecule has 0 fully saturated rings. The smallest absolute Gasteiger partial charge is 0.282 e. The summed E-state index contributed by atoms with van der Waals surface area (Å²) in [6, 6.07) is 8.33. The van der Waals surface area contributed by atoms with Gasteiger partial charge in [0.2, 0.25) is 5.03 Å². The molecule has 0 unspecified atom stereocenters. The highest BCUT2D eigenvalue weighted by Gasteiger charge is 2.22. The second kappa shape index (κ2) is 5.76. The molecule has 2 rings (SSSR count). The fourth-order valence-corrected chi connectivity index (χ4v) is 2.69. The van der Waals surface area contributed by atoms with E-state index >= 15 is 0 Å². The number of nitrogens with one attached hydrogen (secondary N) is 1. The number of aromatic nitrogens is 1. The summed E-state index contributed by atoms with van der Waals surface area (Å²) < 4.78 is 44.9. The van der Waals surface area contributed by atoms with Crippen molar-refractivity contribution in [1.82, 2.24) is 4.98 Å². The van der Waals surface area contributed by atoms with E-state index in [1.54, 1.807) is 0 Å². The van der Waals surface area contributed by atoms with Gasteiger partial charge < -0.3 is 4.74 Å². The van der Waals surface area contributed by atoms with E-state index in [-0.39, 0.29) is 11.4 Å². The largest absolute Gasteiger partial charge is 0.495 e. The number of anilines is 1. The summed E-state index contributed by atoms with van der Waals surface area (Å²) in [5.41, 5.74) is 0.389. The minimum Gasteiger partial charge on any atom is -0.495 e. The van der Waals surface area contributed by atoms with Crippen LogP contribution in [0.25, 0.3) is 0 Å². The van der Waals surface area contributed by atoms with Gasteiger partial charge in [-0.15, -0.1) is 0 Å². The Kier molecular flexibility index (Phi) is 4.05. The molecule has 0 aliphatic rings. The van der Waals surface area contributed by atoms with Gasteiger partial charge in [-0.2, -0.15) is 13.7 Å². The second-order valence-corrected chi connectivity index (χ2v) is 5.52. The summed E-state index contributed by atoms with van der Waals surface area (Å²) in [6.45, 7) is 0. The van der Waals surface area contributed by atoms with E-state index in [0.29, 0.717) is 5.56 Å². The minimum atomic E-state index is -4.20. The summed E-state index contributed by atoms with van der Waals surface area (Å²) >= 11 is 0. The molecular formula is C13H10FN3O3S. The molecule has 0 amide bonds. The molecule has 0 saturated carbocycles. The molecule has 108 valence electrons. The lowest BCUT2D eigenvalue weighted by Crippen LogP contribution is -2.16. The van der Waals surface area contributed by atoms with Gasteiger partial charge in [0.1, 0.15) is 5.75 Å². The molecule has 1 heterocycles. The highest BCUT2D eigenvalue weighted by molar-refractivity contribution is 7.92. The van der Waals surface area contributed by atoms with E-state index in [9.17, 15) is 12.8 Å². The van der Waals surface area contributed by atoms with E-state index in [4.69, 9.17) is 10.00 Å². The van der Waals surface area contributed by atoms with Crippen molar-refractivity contribution in [2.24, 2.45) is 0 Å². The molecule has 1 aromatic heterocycles. The van der Waals surface area contributed by atoms with Gasteiger partial charge in [0.15, 0.2) is 5.82 Å². The van der Waals surface area contributed by atoms with Gasteiger partial charge in [0, 0.05) is 12.3 Å². The van der Waals surface area contributed by atoms with Crippen LogP contribution in [0.1, 0.15) is 5.56 Å². The first-order chi connectivity index (χ1) is 9.97. The number of rotatable bonds is 4. The summed E-state index contributed by atoms with van der Waals surface area (Å²) in [5, 5.41) is 8.08. The van der Waals surface area contributed by atoms with Gasteiger partial charge in [-0.1, -0.05) is 0 Å². The molecular weight excluding hydrogens is 297 g/mol. The molecule has 21 heavy (non-hydrogen) atoms. The maximum atomic E-state index is 13.5. The van der Waals surface area contributed by atoms with Crippen LogP contribution < -0.4 is 9.46 Å². The maximum Gasteiger partial charge on any atom is 0.282 e. The van der Waals surface area contributed by atoms with Crippen LogP contribution in [-0.4, -0.2) is 20.5 Å². The summed E-state index contributed by atoms with van der Waals surface area (Å²) in [7, 11) is -2.87. The van der Waals surface area contributed by atoms with Crippen LogP contribution in [0, 0.1) is 17.1 Å². The first kappa shape index (κ1) is 14.7. The van der Waals surface area contributed by atoms with Gasteiger partial charge in [0.05, 0.1) is 24.4 Å². The van der Waals surface area contributed by atoms with Crippen LogP contribution in [0.5, 0.6) is 5.75 Å². The highest BCUT2D eigenvalue weighted by Crippen LogP contribution is 2.27. The number of sulfonamides is 1. The Labute approximate surface area is 120 Å². The van der Waals surface area contributed by atoms with Crippen LogP contribution >= 0.6 is 0 Å². The molecule has 0 saturated heterocycles. The summed E-state index contributed by atoms with van der Waals surface area (Å²) in [6.07, 6.45) is 1.17. The Morgan fingerprint density at radius 1 is 1.38 bits per heavy atom. The monoisotopic (exact) mass is 307 g/mol. The van der Waals surface area contributed by atoms with Crippen LogP contribution in [0.15, 0.2) is 41.6 Å². The van der Waals surface area contributed by atoms with Crippen LogP contribution in [0.2, 0.25) is 0 Å². The third-order valence-electron chi connectivity index (χ3n) is 2.55. The zero-order valence-electron chi connectivity index (χ0n) is 10.9. The fourth-order valence-electron chi connectivity index (χ4n) is 1.61. The molecule has 0 bridgehead atoms. The molecule has 0 atom stereocenters. The lowest BCUT2D eigenvalue weighted by molar-refractivity contribution is 0.416. The zero-order valence-corrected chi connectivity index (χ0v) is 11.7. The van der Waals surface area contributed by atoms with Crippen molar-refractivity contribution in [3.05, 3.63) is 47.9 Å². The summed E-state index contributed by atoms with van der Waals surface area (Å²) in [5.74, 6) is -0.813. The van der Waals surface area contributed by atoms with Crippen molar-refractivity contribution in [1.29, 1.82) is 5.26 Å². The molecule has 0 aliphatic heterocycles. The number of nitriles is 1. The SMILES string of the molecule is COc1cc(C#N)ccc1NS(=O)(=O)c1ncccc1F. The van der Waals surface area contributed by atoms with Crippen LogP contribution in [0.3, 0.4) is 0 Å². The Morgan fingerprint density at radius 2 is 2.14 bits per heavy atom. The average Bonchev–Trinajstić information content (AvgIpc) is 2.47.